The predicted octanol–water partition coefficient (Wildman–Crippen LogP) is 2.88. The number of imidazole rings is 1. The van der Waals surface area contributed by atoms with Crippen LogP contribution in [0.15, 0.2) is 30.5 Å². The molecule has 0 aliphatic heterocycles. The zero-order chi connectivity index (χ0) is 16.3. The summed E-state index contributed by atoms with van der Waals surface area (Å²) in [4.78, 5) is 25.6. The van der Waals surface area contributed by atoms with Crippen molar-refractivity contribution in [2.75, 3.05) is 6.61 Å². The Balaban J connectivity index is 2.46. The highest BCUT2D eigenvalue weighted by molar-refractivity contribution is 5.89. The highest BCUT2D eigenvalue weighted by atomic mass is 19.4. The van der Waals surface area contributed by atoms with Gasteiger partial charge in [-0.1, -0.05) is 0 Å². The van der Waals surface area contributed by atoms with E-state index in [0.29, 0.717) is 4.57 Å². The molecule has 2 aromatic rings. The van der Waals surface area contributed by atoms with Gasteiger partial charge in [-0.25, -0.2) is 9.78 Å². The zero-order valence-electron chi connectivity index (χ0n) is 11.4. The van der Waals surface area contributed by atoms with Gasteiger partial charge in [0.2, 0.25) is 5.82 Å². The highest BCUT2D eigenvalue weighted by Gasteiger charge is 2.37. The summed E-state index contributed by atoms with van der Waals surface area (Å²) >= 11 is 0. The van der Waals surface area contributed by atoms with Gasteiger partial charge in [0.25, 0.3) is 0 Å². The van der Waals surface area contributed by atoms with E-state index in [1.165, 1.54) is 24.3 Å². The van der Waals surface area contributed by atoms with Gasteiger partial charge in [-0.05, 0) is 31.2 Å². The number of nitrogens with zero attached hydrogens (tertiary/aromatic N) is 2. The fraction of sp³-hybridized carbons (Fsp3) is 0.214. The standard InChI is InChI=1S/C14H11F3N2O3/c1-2-22-12(21)9-3-5-10(6-4-9)19-11(8-20)7-18-13(19)14(15,16)17/h3-8H,2H2,1H3. The van der Waals surface area contributed by atoms with Crippen molar-refractivity contribution >= 4 is 12.3 Å². The van der Waals surface area contributed by atoms with E-state index in [9.17, 15) is 22.8 Å². The molecule has 0 fully saturated rings. The van der Waals surface area contributed by atoms with Crippen molar-refractivity contribution in [3.8, 4) is 5.69 Å². The fourth-order valence-electron chi connectivity index (χ4n) is 1.88. The third kappa shape index (κ3) is 3.00. The molecule has 0 saturated heterocycles. The van der Waals surface area contributed by atoms with Gasteiger partial charge in [-0.15, -0.1) is 0 Å². The smallest absolute Gasteiger partial charge is 0.450 e. The third-order valence-electron chi connectivity index (χ3n) is 2.80. The van der Waals surface area contributed by atoms with Crippen molar-refractivity contribution in [3.63, 3.8) is 0 Å². The SMILES string of the molecule is CCOC(=O)c1ccc(-n2c(C=O)cnc2C(F)(F)F)cc1. The largest absolute Gasteiger partial charge is 0.462 e. The summed E-state index contributed by atoms with van der Waals surface area (Å²) in [5.41, 5.74) is 0.0307. The Morgan fingerprint density at radius 3 is 2.45 bits per heavy atom. The first-order valence-electron chi connectivity index (χ1n) is 6.26. The molecule has 0 amide bonds. The number of rotatable bonds is 4. The minimum absolute atomic E-state index is 0.0694. The molecule has 1 aromatic heterocycles. The van der Waals surface area contributed by atoms with E-state index in [4.69, 9.17) is 4.74 Å². The van der Waals surface area contributed by atoms with Gasteiger partial charge in [-0.2, -0.15) is 13.2 Å². The van der Waals surface area contributed by atoms with Crippen LogP contribution in [0.4, 0.5) is 13.2 Å². The van der Waals surface area contributed by atoms with Crippen molar-refractivity contribution in [1.82, 2.24) is 9.55 Å². The van der Waals surface area contributed by atoms with Crippen LogP contribution in [0.1, 0.15) is 33.6 Å². The van der Waals surface area contributed by atoms with Crippen LogP contribution in [0.3, 0.4) is 0 Å². The first-order chi connectivity index (χ1) is 10.4. The molecule has 8 heteroatoms. The van der Waals surface area contributed by atoms with Crippen molar-refractivity contribution in [2.45, 2.75) is 13.1 Å². The Hall–Kier alpha value is -2.64. The second-order valence-corrected chi connectivity index (χ2v) is 4.23. The lowest BCUT2D eigenvalue weighted by Crippen LogP contribution is -2.15. The molecule has 0 spiro atoms. The van der Waals surface area contributed by atoms with E-state index < -0.39 is 18.0 Å². The van der Waals surface area contributed by atoms with Gasteiger partial charge in [0.1, 0.15) is 5.69 Å². The van der Waals surface area contributed by atoms with Gasteiger partial charge in [0.05, 0.1) is 18.4 Å². The van der Waals surface area contributed by atoms with Gasteiger partial charge < -0.3 is 4.74 Å². The second-order valence-electron chi connectivity index (χ2n) is 4.23. The Labute approximate surface area is 123 Å². The average molecular weight is 312 g/mol. The Bertz CT molecular complexity index is 690. The molecule has 0 N–H and O–H groups in total. The number of aldehydes is 1. The summed E-state index contributed by atoms with van der Waals surface area (Å²) < 4.78 is 44.2. The minimum atomic E-state index is -4.71. The average Bonchev–Trinajstić information content (AvgIpc) is 2.91. The molecule has 0 aliphatic rings. The van der Waals surface area contributed by atoms with Crippen LogP contribution in [0, 0.1) is 0 Å². The van der Waals surface area contributed by atoms with Crippen molar-refractivity contribution in [1.29, 1.82) is 0 Å². The number of esters is 1. The van der Waals surface area contributed by atoms with E-state index >= 15 is 0 Å². The predicted molar refractivity (Wildman–Crippen MR) is 69.9 cm³/mol. The zero-order valence-corrected chi connectivity index (χ0v) is 11.4. The van der Waals surface area contributed by atoms with Crippen LogP contribution in [0.25, 0.3) is 5.69 Å². The molecule has 5 nitrogen and oxygen atoms in total. The number of benzene rings is 1. The van der Waals surface area contributed by atoms with Gasteiger partial charge in [-0.3, -0.25) is 9.36 Å². The second kappa shape index (κ2) is 6.00. The van der Waals surface area contributed by atoms with Crippen molar-refractivity contribution < 1.29 is 27.5 Å². The van der Waals surface area contributed by atoms with Crippen LogP contribution in [0.5, 0.6) is 0 Å². The van der Waals surface area contributed by atoms with Crippen molar-refractivity contribution in [3.05, 3.63) is 47.5 Å². The Morgan fingerprint density at radius 2 is 1.95 bits per heavy atom. The summed E-state index contributed by atoms with van der Waals surface area (Å²) in [6.07, 6.45) is -3.59. The van der Waals surface area contributed by atoms with Gasteiger partial charge in [0.15, 0.2) is 6.29 Å². The normalized spacial score (nSPS) is 11.3. The minimum Gasteiger partial charge on any atom is -0.462 e. The summed E-state index contributed by atoms with van der Waals surface area (Å²) in [6.45, 7) is 1.83. The van der Waals surface area contributed by atoms with Crippen LogP contribution < -0.4 is 0 Å². The highest BCUT2D eigenvalue weighted by Crippen LogP contribution is 2.30. The first-order valence-corrected chi connectivity index (χ1v) is 6.26. The molecule has 22 heavy (non-hydrogen) atoms. The number of alkyl halides is 3. The topological polar surface area (TPSA) is 61.2 Å². The maximum absolute atomic E-state index is 12.9. The quantitative estimate of drug-likeness (QED) is 0.643. The summed E-state index contributed by atoms with van der Waals surface area (Å²) in [7, 11) is 0. The molecular weight excluding hydrogens is 301 g/mol. The van der Waals surface area contributed by atoms with E-state index in [0.717, 1.165) is 6.20 Å². The van der Waals surface area contributed by atoms with Gasteiger partial charge >= 0.3 is 12.1 Å². The number of aromatic nitrogens is 2. The number of ether oxygens (including phenoxy) is 1. The maximum atomic E-state index is 12.9. The molecule has 2 rings (SSSR count). The van der Waals surface area contributed by atoms with Crippen LogP contribution in [0.2, 0.25) is 0 Å². The Morgan fingerprint density at radius 1 is 1.32 bits per heavy atom. The molecule has 0 radical (unpaired) electrons. The molecule has 1 aromatic carbocycles. The molecule has 0 atom stereocenters. The van der Waals surface area contributed by atoms with E-state index in [2.05, 4.69) is 4.98 Å². The number of carbonyl (C=O) groups excluding carboxylic acids is 2. The van der Waals surface area contributed by atoms with Crippen molar-refractivity contribution in [2.24, 2.45) is 0 Å². The molecule has 0 bridgehead atoms. The van der Waals surface area contributed by atoms with E-state index in [-0.39, 0.29) is 29.8 Å². The number of halogens is 3. The first kappa shape index (κ1) is 15.7. The summed E-state index contributed by atoms with van der Waals surface area (Å²) in [5.74, 6) is -1.79. The number of hydrogen-bond donors (Lipinski definition) is 0. The maximum Gasteiger partial charge on any atom is 0.450 e. The lowest BCUT2D eigenvalue weighted by molar-refractivity contribution is -0.145. The summed E-state index contributed by atoms with van der Waals surface area (Å²) in [5, 5.41) is 0. The summed E-state index contributed by atoms with van der Waals surface area (Å²) in [6, 6.07) is 5.22. The van der Waals surface area contributed by atoms with Crippen LogP contribution >= 0.6 is 0 Å². The van der Waals surface area contributed by atoms with E-state index in [1.54, 1.807) is 6.92 Å². The lowest BCUT2D eigenvalue weighted by Gasteiger charge is -2.12. The molecule has 0 unspecified atom stereocenters. The third-order valence-corrected chi connectivity index (χ3v) is 2.80. The molecule has 116 valence electrons. The lowest BCUT2D eigenvalue weighted by atomic mass is 10.2. The number of carbonyl (C=O) groups is 2. The molecule has 0 aliphatic carbocycles. The fourth-order valence-corrected chi connectivity index (χ4v) is 1.88. The monoisotopic (exact) mass is 312 g/mol. The number of hydrogen-bond acceptors (Lipinski definition) is 4. The Kier molecular flexibility index (Phi) is 4.30. The van der Waals surface area contributed by atoms with E-state index in [1.807, 2.05) is 0 Å². The molecule has 1 heterocycles. The molecular formula is C14H11F3N2O3. The molecule has 0 saturated carbocycles. The van der Waals surface area contributed by atoms with Crippen LogP contribution in [-0.2, 0) is 10.9 Å². The van der Waals surface area contributed by atoms with Gasteiger partial charge in [0, 0.05) is 5.69 Å². The van der Waals surface area contributed by atoms with Crippen LogP contribution in [-0.4, -0.2) is 28.4 Å².